The Morgan fingerprint density at radius 2 is 1.70 bits per heavy atom. The molecule has 1 fully saturated rings. The molecule has 0 amide bonds. The molecule has 1 aliphatic heterocycles. The zero-order valence-corrected chi connectivity index (χ0v) is 13.3. The molecule has 4 nitrogen and oxygen atoms in total. The van der Waals surface area contributed by atoms with Crippen LogP contribution in [0.5, 0.6) is 0 Å². The average Bonchev–Trinajstić information content (AvgIpc) is 2.40. The molecule has 0 radical (unpaired) electrons. The molecular formula is C15H13F3O4S. The molecule has 0 bridgehead atoms. The second kappa shape index (κ2) is 5.92. The molecule has 0 unspecified atom stereocenters. The Bertz CT molecular complexity index is 670. The number of ether oxygens (including phenoxy) is 2. The largest absolute Gasteiger partial charge is 0.419 e. The van der Waals surface area contributed by atoms with Crippen LogP contribution in [0.2, 0.25) is 0 Å². The lowest BCUT2D eigenvalue weighted by Gasteiger charge is -2.29. The van der Waals surface area contributed by atoms with Crippen molar-refractivity contribution in [1.82, 2.24) is 0 Å². The van der Waals surface area contributed by atoms with Gasteiger partial charge >= 0.3 is 18.1 Å². The van der Waals surface area contributed by atoms with E-state index in [1.807, 2.05) is 0 Å². The second-order valence-electron chi connectivity index (χ2n) is 5.19. The Kier molecular flexibility index (Phi) is 4.48. The normalized spacial score (nSPS) is 17.6. The maximum atomic E-state index is 13.2. The fraction of sp³-hybridized carbons (Fsp3) is 0.333. The number of hydrogen-bond acceptors (Lipinski definition) is 5. The van der Waals surface area contributed by atoms with Gasteiger partial charge in [-0.2, -0.15) is 13.2 Å². The lowest BCUT2D eigenvalue weighted by atomic mass is 10.0. The van der Waals surface area contributed by atoms with E-state index in [0.717, 1.165) is 23.9 Å². The standard InChI is InChI=1S/C15H13F3O4S/c1-14(2)21-12(19)10(13(20)22-14)6-8-4-5-9(23-3)7-11(8)15(16,17)18/h4-7H,1-3H3. The van der Waals surface area contributed by atoms with Crippen molar-refractivity contribution in [2.24, 2.45) is 0 Å². The van der Waals surface area contributed by atoms with Crippen LogP contribution in [0.15, 0.2) is 28.7 Å². The van der Waals surface area contributed by atoms with Crippen molar-refractivity contribution in [1.29, 1.82) is 0 Å². The molecule has 0 aliphatic carbocycles. The van der Waals surface area contributed by atoms with Crippen LogP contribution in [0.25, 0.3) is 6.08 Å². The predicted molar refractivity (Wildman–Crippen MR) is 77.5 cm³/mol. The first-order chi connectivity index (χ1) is 10.5. The molecule has 23 heavy (non-hydrogen) atoms. The van der Waals surface area contributed by atoms with Crippen molar-refractivity contribution < 1.29 is 32.2 Å². The summed E-state index contributed by atoms with van der Waals surface area (Å²) in [5.41, 5.74) is -1.83. The summed E-state index contributed by atoms with van der Waals surface area (Å²) in [6, 6.07) is 3.62. The van der Waals surface area contributed by atoms with Gasteiger partial charge in [0.2, 0.25) is 0 Å². The number of esters is 2. The van der Waals surface area contributed by atoms with Gasteiger partial charge in [-0.05, 0) is 30.0 Å². The summed E-state index contributed by atoms with van der Waals surface area (Å²) in [6.07, 6.45) is -2.14. The van der Waals surface area contributed by atoms with Gasteiger partial charge in [0.15, 0.2) is 0 Å². The fourth-order valence-electron chi connectivity index (χ4n) is 1.97. The van der Waals surface area contributed by atoms with E-state index in [-0.39, 0.29) is 5.56 Å². The Hall–Kier alpha value is -1.96. The van der Waals surface area contributed by atoms with E-state index in [1.165, 1.54) is 26.0 Å². The average molecular weight is 346 g/mol. The van der Waals surface area contributed by atoms with E-state index < -0.39 is 35.0 Å². The van der Waals surface area contributed by atoms with Crippen LogP contribution in [-0.4, -0.2) is 24.0 Å². The number of cyclic esters (lactones) is 2. The van der Waals surface area contributed by atoms with Gasteiger partial charge in [0, 0.05) is 18.7 Å². The summed E-state index contributed by atoms with van der Waals surface area (Å²) in [6.45, 7) is 2.71. The molecule has 124 valence electrons. The molecule has 0 aromatic heterocycles. The highest BCUT2D eigenvalue weighted by atomic mass is 32.2. The maximum absolute atomic E-state index is 13.2. The molecule has 1 saturated heterocycles. The smallest absolute Gasteiger partial charge is 0.417 e. The number of hydrogen-bond donors (Lipinski definition) is 0. The zero-order chi connectivity index (χ0) is 17.4. The third-order valence-corrected chi connectivity index (χ3v) is 3.71. The summed E-state index contributed by atoms with van der Waals surface area (Å²) in [7, 11) is 0. The highest BCUT2D eigenvalue weighted by Crippen LogP contribution is 2.36. The molecule has 0 N–H and O–H groups in total. The fourth-order valence-corrected chi connectivity index (χ4v) is 2.41. The van der Waals surface area contributed by atoms with Crippen molar-refractivity contribution in [2.75, 3.05) is 6.26 Å². The number of alkyl halides is 3. The van der Waals surface area contributed by atoms with Crippen LogP contribution in [0, 0.1) is 0 Å². The molecule has 8 heteroatoms. The number of carbonyl (C=O) groups excluding carboxylic acids is 2. The predicted octanol–water partition coefficient (Wildman–Crippen LogP) is 3.65. The number of carbonyl (C=O) groups is 2. The molecule has 1 aliphatic rings. The van der Waals surface area contributed by atoms with Gasteiger partial charge in [-0.1, -0.05) is 6.07 Å². The van der Waals surface area contributed by atoms with Crippen LogP contribution < -0.4 is 0 Å². The summed E-state index contributed by atoms with van der Waals surface area (Å²) in [5, 5.41) is 0. The highest BCUT2D eigenvalue weighted by molar-refractivity contribution is 7.98. The Labute approximate surface area is 134 Å². The molecule has 2 rings (SSSR count). The van der Waals surface area contributed by atoms with Crippen molar-refractivity contribution in [2.45, 2.75) is 30.7 Å². The second-order valence-corrected chi connectivity index (χ2v) is 6.07. The zero-order valence-electron chi connectivity index (χ0n) is 12.5. The highest BCUT2D eigenvalue weighted by Gasteiger charge is 2.40. The van der Waals surface area contributed by atoms with Gasteiger partial charge in [-0.3, -0.25) is 0 Å². The van der Waals surface area contributed by atoms with Gasteiger partial charge in [-0.25, -0.2) is 9.59 Å². The summed E-state index contributed by atoms with van der Waals surface area (Å²) >= 11 is 1.15. The van der Waals surface area contributed by atoms with Gasteiger partial charge < -0.3 is 9.47 Å². The Morgan fingerprint density at radius 3 is 2.17 bits per heavy atom. The molecule has 1 aromatic rings. The summed E-state index contributed by atoms with van der Waals surface area (Å²) in [5.74, 6) is -3.48. The first kappa shape index (κ1) is 17.4. The Balaban J connectivity index is 2.51. The lowest BCUT2D eigenvalue weighted by Crippen LogP contribution is -2.41. The minimum absolute atomic E-state index is 0.307. The van der Waals surface area contributed by atoms with E-state index in [2.05, 4.69) is 0 Å². The van der Waals surface area contributed by atoms with Gasteiger partial charge in [0.25, 0.3) is 5.79 Å². The molecule has 0 atom stereocenters. The first-order valence-corrected chi connectivity index (χ1v) is 7.69. The van der Waals surface area contributed by atoms with E-state index in [1.54, 1.807) is 6.26 Å². The van der Waals surface area contributed by atoms with Crippen LogP contribution in [0.1, 0.15) is 25.0 Å². The minimum Gasteiger partial charge on any atom is -0.419 e. The third-order valence-electron chi connectivity index (χ3n) is 2.98. The molecule has 1 heterocycles. The Morgan fingerprint density at radius 1 is 1.13 bits per heavy atom. The number of thioether (sulfide) groups is 1. The van der Waals surface area contributed by atoms with Gasteiger partial charge in [0.1, 0.15) is 5.57 Å². The first-order valence-electron chi connectivity index (χ1n) is 6.47. The van der Waals surface area contributed by atoms with Crippen LogP contribution in [0.3, 0.4) is 0 Å². The van der Waals surface area contributed by atoms with Crippen molar-refractivity contribution in [3.63, 3.8) is 0 Å². The van der Waals surface area contributed by atoms with E-state index in [0.29, 0.717) is 4.90 Å². The number of benzene rings is 1. The van der Waals surface area contributed by atoms with Gasteiger partial charge in [-0.15, -0.1) is 11.8 Å². The van der Waals surface area contributed by atoms with E-state index in [9.17, 15) is 22.8 Å². The van der Waals surface area contributed by atoms with Crippen LogP contribution in [-0.2, 0) is 25.2 Å². The maximum Gasteiger partial charge on any atom is 0.417 e. The van der Waals surface area contributed by atoms with Gasteiger partial charge in [0.05, 0.1) is 5.56 Å². The monoisotopic (exact) mass is 346 g/mol. The molecule has 0 spiro atoms. The summed E-state index contributed by atoms with van der Waals surface area (Å²) in [4.78, 5) is 24.1. The molecular weight excluding hydrogens is 333 g/mol. The van der Waals surface area contributed by atoms with Crippen LogP contribution >= 0.6 is 11.8 Å². The summed E-state index contributed by atoms with van der Waals surface area (Å²) < 4.78 is 49.2. The van der Waals surface area contributed by atoms with E-state index >= 15 is 0 Å². The lowest BCUT2D eigenvalue weighted by molar-refractivity contribution is -0.222. The van der Waals surface area contributed by atoms with Crippen LogP contribution in [0.4, 0.5) is 13.2 Å². The van der Waals surface area contributed by atoms with E-state index in [4.69, 9.17) is 9.47 Å². The quantitative estimate of drug-likeness (QED) is 0.354. The van der Waals surface area contributed by atoms with Crippen molar-refractivity contribution in [3.05, 3.63) is 34.9 Å². The van der Waals surface area contributed by atoms with Crippen molar-refractivity contribution >= 4 is 29.8 Å². The SMILES string of the molecule is CSc1ccc(C=C2C(=O)OC(C)(C)OC2=O)c(C(F)(F)F)c1. The third kappa shape index (κ3) is 3.87. The minimum atomic E-state index is -4.63. The number of halogens is 3. The van der Waals surface area contributed by atoms with Crippen molar-refractivity contribution in [3.8, 4) is 0 Å². The number of rotatable bonds is 2. The molecule has 1 aromatic carbocycles. The topological polar surface area (TPSA) is 52.6 Å². The molecule has 0 saturated carbocycles.